The highest BCUT2D eigenvalue weighted by atomic mass is 32.1. The van der Waals surface area contributed by atoms with E-state index in [1.807, 2.05) is 0 Å². The number of likely N-dealkylation sites (N-methyl/N-ethyl adjacent to an activating group) is 1. The number of nitrogens with one attached hydrogen (secondary N) is 1. The standard InChI is InChI=1S/C9H16F3N3OS/c1-6(8(13)17)3-15(2)4-7(16)14-5-9(10,11)12/h6H,3-5H2,1-2H3,(H2,13,17)(H,14,16). The minimum Gasteiger partial charge on any atom is -0.393 e. The molecule has 0 aliphatic heterocycles. The molecule has 0 aromatic heterocycles. The molecule has 0 heterocycles. The van der Waals surface area contributed by atoms with Gasteiger partial charge in [-0.05, 0) is 7.05 Å². The summed E-state index contributed by atoms with van der Waals surface area (Å²) in [6.07, 6.45) is -4.39. The summed E-state index contributed by atoms with van der Waals surface area (Å²) in [5.41, 5.74) is 5.39. The number of nitrogens with two attached hydrogens (primary N) is 1. The van der Waals surface area contributed by atoms with Crippen LogP contribution in [0.2, 0.25) is 0 Å². The normalized spacial score (nSPS) is 13.5. The Hall–Kier alpha value is -0.890. The van der Waals surface area contributed by atoms with Crippen molar-refractivity contribution in [3.63, 3.8) is 0 Å². The lowest BCUT2D eigenvalue weighted by molar-refractivity contribution is -0.138. The number of carbonyl (C=O) groups excluding carboxylic acids is 1. The second kappa shape index (κ2) is 6.75. The second-order valence-corrected chi connectivity index (χ2v) is 4.36. The van der Waals surface area contributed by atoms with Gasteiger partial charge in [0.2, 0.25) is 5.91 Å². The average Bonchev–Trinajstić information content (AvgIpc) is 2.13. The van der Waals surface area contributed by atoms with Crippen molar-refractivity contribution in [1.29, 1.82) is 0 Å². The quantitative estimate of drug-likeness (QED) is 0.692. The zero-order chi connectivity index (χ0) is 13.6. The smallest absolute Gasteiger partial charge is 0.393 e. The molecule has 0 aromatic carbocycles. The third-order valence-corrected chi connectivity index (χ3v) is 2.37. The fraction of sp³-hybridized carbons (Fsp3) is 0.778. The Morgan fingerprint density at radius 1 is 1.53 bits per heavy atom. The third kappa shape index (κ3) is 8.87. The number of hydrogen-bond donors (Lipinski definition) is 2. The lowest BCUT2D eigenvalue weighted by atomic mass is 10.2. The van der Waals surface area contributed by atoms with E-state index >= 15 is 0 Å². The number of amides is 1. The average molecular weight is 271 g/mol. The van der Waals surface area contributed by atoms with Crippen molar-refractivity contribution in [3.8, 4) is 0 Å². The molecule has 1 atom stereocenters. The summed E-state index contributed by atoms with van der Waals surface area (Å²) < 4.78 is 35.4. The van der Waals surface area contributed by atoms with Crippen molar-refractivity contribution in [3.05, 3.63) is 0 Å². The van der Waals surface area contributed by atoms with Gasteiger partial charge in [-0.3, -0.25) is 9.69 Å². The van der Waals surface area contributed by atoms with Crippen molar-refractivity contribution in [1.82, 2.24) is 10.2 Å². The molecule has 17 heavy (non-hydrogen) atoms. The van der Waals surface area contributed by atoms with E-state index in [4.69, 9.17) is 18.0 Å². The van der Waals surface area contributed by atoms with Crippen LogP contribution in [0.4, 0.5) is 13.2 Å². The number of carbonyl (C=O) groups is 1. The number of hydrogen-bond acceptors (Lipinski definition) is 3. The molecule has 3 N–H and O–H groups in total. The predicted octanol–water partition coefficient (Wildman–Crippen LogP) is 0.519. The number of thiocarbonyl (C=S) groups is 1. The summed E-state index contributed by atoms with van der Waals surface area (Å²) in [6, 6.07) is 0. The number of halogens is 3. The first-order valence-electron chi connectivity index (χ1n) is 4.93. The van der Waals surface area contributed by atoms with Gasteiger partial charge in [-0.25, -0.2) is 0 Å². The highest BCUT2D eigenvalue weighted by Crippen LogP contribution is 2.11. The molecule has 8 heteroatoms. The first kappa shape index (κ1) is 16.1. The van der Waals surface area contributed by atoms with Crippen molar-refractivity contribution in [2.45, 2.75) is 13.1 Å². The van der Waals surface area contributed by atoms with Gasteiger partial charge in [-0.1, -0.05) is 19.1 Å². The second-order valence-electron chi connectivity index (χ2n) is 3.89. The highest BCUT2D eigenvalue weighted by Gasteiger charge is 2.27. The first-order valence-corrected chi connectivity index (χ1v) is 5.34. The molecular formula is C9H16F3N3OS. The van der Waals surface area contributed by atoms with E-state index in [2.05, 4.69) is 0 Å². The van der Waals surface area contributed by atoms with E-state index in [9.17, 15) is 18.0 Å². The number of rotatable bonds is 6. The minimum atomic E-state index is -4.39. The lowest BCUT2D eigenvalue weighted by Gasteiger charge is -2.20. The topological polar surface area (TPSA) is 58.4 Å². The summed E-state index contributed by atoms with van der Waals surface area (Å²) in [4.78, 5) is 13.0. The summed E-state index contributed by atoms with van der Waals surface area (Å²) in [7, 11) is 1.61. The molecule has 0 saturated carbocycles. The van der Waals surface area contributed by atoms with Crippen molar-refractivity contribution in [2.75, 3.05) is 26.7 Å². The summed E-state index contributed by atoms with van der Waals surface area (Å²) in [5, 5.41) is 1.79. The van der Waals surface area contributed by atoms with Crippen LogP contribution in [0.15, 0.2) is 0 Å². The van der Waals surface area contributed by atoms with Crippen LogP contribution in [-0.2, 0) is 4.79 Å². The Balaban J connectivity index is 3.92. The summed E-state index contributed by atoms with van der Waals surface area (Å²) in [5.74, 6) is -0.773. The van der Waals surface area contributed by atoms with E-state index in [1.54, 1.807) is 24.2 Å². The lowest BCUT2D eigenvalue weighted by Crippen LogP contribution is -2.41. The van der Waals surface area contributed by atoms with E-state index in [0.717, 1.165) is 0 Å². The van der Waals surface area contributed by atoms with Gasteiger partial charge in [0.1, 0.15) is 6.54 Å². The first-order chi connectivity index (χ1) is 7.61. The van der Waals surface area contributed by atoms with Crippen LogP contribution in [0.5, 0.6) is 0 Å². The molecule has 0 radical (unpaired) electrons. The van der Waals surface area contributed by atoms with Gasteiger partial charge in [0.05, 0.1) is 11.5 Å². The Morgan fingerprint density at radius 2 is 2.06 bits per heavy atom. The van der Waals surface area contributed by atoms with Gasteiger partial charge in [0.25, 0.3) is 0 Å². The summed E-state index contributed by atoms with van der Waals surface area (Å²) in [6.45, 7) is 0.773. The highest BCUT2D eigenvalue weighted by molar-refractivity contribution is 7.80. The molecule has 100 valence electrons. The zero-order valence-electron chi connectivity index (χ0n) is 9.67. The molecule has 0 aliphatic carbocycles. The van der Waals surface area contributed by atoms with Crippen molar-refractivity contribution < 1.29 is 18.0 Å². The van der Waals surface area contributed by atoms with Gasteiger partial charge < -0.3 is 11.1 Å². The Morgan fingerprint density at radius 3 is 2.47 bits per heavy atom. The van der Waals surface area contributed by atoms with E-state index < -0.39 is 18.6 Å². The maximum atomic E-state index is 11.8. The Bertz CT molecular complexity index is 283. The van der Waals surface area contributed by atoms with Crippen LogP contribution in [0.3, 0.4) is 0 Å². The molecule has 0 aliphatic rings. The molecule has 4 nitrogen and oxygen atoms in total. The molecule has 0 bridgehead atoms. The zero-order valence-corrected chi connectivity index (χ0v) is 10.5. The SMILES string of the molecule is CC(CN(C)CC(=O)NCC(F)(F)F)C(N)=S. The van der Waals surface area contributed by atoms with Crippen LogP contribution >= 0.6 is 12.2 Å². The van der Waals surface area contributed by atoms with Crippen LogP contribution in [0.1, 0.15) is 6.92 Å². The predicted molar refractivity (Wildman–Crippen MR) is 62.5 cm³/mol. The van der Waals surface area contributed by atoms with Crippen LogP contribution in [-0.4, -0.2) is 48.7 Å². The monoisotopic (exact) mass is 271 g/mol. The van der Waals surface area contributed by atoms with E-state index in [0.29, 0.717) is 11.5 Å². The molecule has 0 saturated heterocycles. The van der Waals surface area contributed by atoms with Crippen LogP contribution < -0.4 is 11.1 Å². The van der Waals surface area contributed by atoms with E-state index in [1.165, 1.54) is 0 Å². The molecule has 0 fully saturated rings. The summed E-state index contributed by atoms with van der Waals surface area (Å²) >= 11 is 4.75. The van der Waals surface area contributed by atoms with Gasteiger partial charge in [-0.15, -0.1) is 0 Å². The maximum absolute atomic E-state index is 11.8. The Kier molecular flexibility index (Phi) is 6.40. The van der Waals surface area contributed by atoms with E-state index in [-0.39, 0.29) is 12.5 Å². The largest absolute Gasteiger partial charge is 0.405 e. The van der Waals surface area contributed by atoms with Crippen molar-refractivity contribution >= 4 is 23.1 Å². The van der Waals surface area contributed by atoms with Gasteiger partial charge in [-0.2, -0.15) is 13.2 Å². The maximum Gasteiger partial charge on any atom is 0.405 e. The fourth-order valence-electron chi connectivity index (χ4n) is 1.12. The third-order valence-electron chi connectivity index (χ3n) is 1.97. The Labute approximate surface area is 103 Å². The van der Waals surface area contributed by atoms with Gasteiger partial charge >= 0.3 is 6.18 Å². The molecule has 1 unspecified atom stereocenters. The van der Waals surface area contributed by atoms with Gasteiger partial charge in [0.15, 0.2) is 0 Å². The molecule has 1 amide bonds. The molecule has 0 aromatic rings. The molecule has 0 spiro atoms. The minimum absolute atomic E-state index is 0.0922. The fourth-order valence-corrected chi connectivity index (χ4v) is 1.20. The van der Waals surface area contributed by atoms with Crippen LogP contribution in [0, 0.1) is 5.92 Å². The number of alkyl halides is 3. The molecular weight excluding hydrogens is 255 g/mol. The number of nitrogens with zero attached hydrogens (tertiary/aromatic N) is 1. The van der Waals surface area contributed by atoms with Crippen LogP contribution in [0.25, 0.3) is 0 Å². The van der Waals surface area contributed by atoms with Gasteiger partial charge in [0, 0.05) is 12.5 Å². The van der Waals surface area contributed by atoms with Crippen molar-refractivity contribution in [2.24, 2.45) is 11.7 Å². The molecule has 0 rings (SSSR count).